The van der Waals surface area contributed by atoms with Crippen LogP contribution < -0.4 is 5.32 Å². The molecule has 0 amide bonds. The van der Waals surface area contributed by atoms with Crippen LogP contribution in [0.1, 0.15) is 46.0 Å². The van der Waals surface area contributed by atoms with Gasteiger partial charge >= 0.3 is 0 Å². The normalized spacial score (nSPS) is 12.0. The van der Waals surface area contributed by atoms with Crippen molar-refractivity contribution in [2.24, 2.45) is 5.41 Å². The molecular formula is C12H27NO. The van der Waals surface area contributed by atoms with Gasteiger partial charge < -0.3 is 10.1 Å². The Morgan fingerprint density at radius 3 is 2.21 bits per heavy atom. The SMILES string of the molecule is CCC(CC)(CCCCOC)CNC. The van der Waals surface area contributed by atoms with Gasteiger partial charge in [0.1, 0.15) is 0 Å². The average Bonchev–Trinajstić information content (AvgIpc) is 2.23. The molecule has 86 valence electrons. The Balaban J connectivity index is 3.82. The number of ether oxygens (including phenoxy) is 1. The summed E-state index contributed by atoms with van der Waals surface area (Å²) in [5.74, 6) is 0. The highest BCUT2D eigenvalue weighted by molar-refractivity contribution is 4.78. The lowest BCUT2D eigenvalue weighted by Crippen LogP contribution is -2.31. The van der Waals surface area contributed by atoms with E-state index in [2.05, 4.69) is 26.2 Å². The Labute approximate surface area is 89.4 Å². The van der Waals surface area contributed by atoms with E-state index in [1.807, 2.05) is 0 Å². The van der Waals surface area contributed by atoms with Gasteiger partial charge in [-0.3, -0.25) is 0 Å². The Hall–Kier alpha value is -0.0800. The number of methoxy groups -OCH3 is 1. The fraction of sp³-hybridized carbons (Fsp3) is 1.00. The van der Waals surface area contributed by atoms with Crippen molar-refractivity contribution in [1.29, 1.82) is 0 Å². The minimum atomic E-state index is 0.516. The summed E-state index contributed by atoms with van der Waals surface area (Å²) in [7, 11) is 3.83. The summed E-state index contributed by atoms with van der Waals surface area (Å²) in [6, 6.07) is 0. The van der Waals surface area contributed by atoms with E-state index in [0.717, 1.165) is 13.2 Å². The first-order valence-corrected chi connectivity index (χ1v) is 5.88. The van der Waals surface area contributed by atoms with Crippen molar-refractivity contribution in [3.63, 3.8) is 0 Å². The first kappa shape index (κ1) is 13.9. The third kappa shape index (κ3) is 4.97. The van der Waals surface area contributed by atoms with Gasteiger partial charge in [-0.05, 0) is 38.1 Å². The molecule has 0 spiro atoms. The van der Waals surface area contributed by atoms with Gasteiger partial charge in [-0.25, -0.2) is 0 Å². The minimum absolute atomic E-state index is 0.516. The van der Waals surface area contributed by atoms with Crippen molar-refractivity contribution in [2.75, 3.05) is 27.3 Å². The quantitative estimate of drug-likeness (QED) is 0.579. The van der Waals surface area contributed by atoms with Crippen LogP contribution in [-0.2, 0) is 4.74 Å². The highest BCUT2D eigenvalue weighted by Gasteiger charge is 2.24. The van der Waals surface area contributed by atoms with Gasteiger partial charge in [0.25, 0.3) is 0 Å². The fourth-order valence-electron chi connectivity index (χ4n) is 2.06. The fourth-order valence-corrected chi connectivity index (χ4v) is 2.06. The molecular weight excluding hydrogens is 174 g/mol. The number of rotatable bonds is 9. The molecule has 0 aromatic rings. The molecule has 0 aromatic heterocycles. The Morgan fingerprint density at radius 1 is 1.14 bits per heavy atom. The topological polar surface area (TPSA) is 21.3 Å². The Morgan fingerprint density at radius 2 is 1.79 bits per heavy atom. The lowest BCUT2D eigenvalue weighted by molar-refractivity contribution is 0.175. The van der Waals surface area contributed by atoms with Gasteiger partial charge in [-0.2, -0.15) is 0 Å². The monoisotopic (exact) mass is 201 g/mol. The van der Waals surface area contributed by atoms with Crippen molar-refractivity contribution in [3.8, 4) is 0 Å². The molecule has 0 rings (SSSR count). The molecule has 0 atom stereocenters. The smallest absolute Gasteiger partial charge is 0.0462 e. The average molecular weight is 201 g/mol. The lowest BCUT2D eigenvalue weighted by Gasteiger charge is -2.31. The van der Waals surface area contributed by atoms with E-state index in [-0.39, 0.29) is 0 Å². The Bertz CT molecular complexity index is 121. The summed E-state index contributed by atoms with van der Waals surface area (Å²) in [4.78, 5) is 0. The van der Waals surface area contributed by atoms with Crippen LogP contribution in [0.3, 0.4) is 0 Å². The van der Waals surface area contributed by atoms with Crippen LogP contribution in [0.2, 0.25) is 0 Å². The third-order valence-electron chi connectivity index (χ3n) is 3.36. The van der Waals surface area contributed by atoms with E-state index < -0.39 is 0 Å². The maximum Gasteiger partial charge on any atom is 0.0462 e. The van der Waals surface area contributed by atoms with E-state index >= 15 is 0 Å². The zero-order valence-corrected chi connectivity index (χ0v) is 10.4. The largest absolute Gasteiger partial charge is 0.385 e. The summed E-state index contributed by atoms with van der Waals surface area (Å²) in [5, 5.41) is 3.32. The third-order valence-corrected chi connectivity index (χ3v) is 3.36. The highest BCUT2D eigenvalue weighted by Crippen LogP contribution is 2.31. The first-order chi connectivity index (χ1) is 6.74. The van der Waals surface area contributed by atoms with Gasteiger partial charge in [-0.15, -0.1) is 0 Å². The zero-order valence-electron chi connectivity index (χ0n) is 10.4. The minimum Gasteiger partial charge on any atom is -0.385 e. The maximum atomic E-state index is 5.07. The number of unbranched alkanes of at least 4 members (excludes halogenated alkanes) is 1. The molecule has 0 aromatic carbocycles. The predicted molar refractivity (Wildman–Crippen MR) is 62.7 cm³/mol. The second-order valence-corrected chi connectivity index (χ2v) is 4.19. The molecule has 0 bridgehead atoms. The highest BCUT2D eigenvalue weighted by atomic mass is 16.5. The second-order valence-electron chi connectivity index (χ2n) is 4.19. The summed E-state index contributed by atoms with van der Waals surface area (Å²) in [5.41, 5.74) is 0.516. The van der Waals surface area contributed by atoms with Gasteiger partial charge in [0.15, 0.2) is 0 Å². The van der Waals surface area contributed by atoms with Gasteiger partial charge in [0, 0.05) is 20.3 Å². The van der Waals surface area contributed by atoms with E-state index in [9.17, 15) is 0 Å². The molecule has 0 unspecified atom stereocenters. The van der Waals surface area contributed by atoms with Crippen molar-refractivity contribution in [3.05, 3.63) is 0 Å². The lowest BCUT2D eigenvalue weighted by atomic mass is 9.78. The second kappa shape index (κ2) is 8.25. The number of hydrogen-bond acceptors (Lipinski definition) is 2. The summed E-state index contributed by atoms with van der Waals surface area (Å²) in [6.07, 6.45) is 6.36. The first-order valence-electron chi connectivity index (χ1n) is 5.88. The van der Waals surface area contributed by atoms with Crippen molar-refractivity contribution in [1.82, 2.24) is 5.32 Å². The molecule has 0 aliphatic carbocycles. The maximum absolute atomic E-state index is 5.07. The van der Waals surface area contributed by atoms with E-state index in [4.69, 9.17) is 4.74 Å². The van der Waals surface area contributed by atoms with E-state index in [0.29, 0.717) is 5.41 Å². The molecule has 2 nitrogen and oxygen atoms in total. The van der Waals surface area contributed by atoms with Crippen LogP contribution in [0.4, 0.5) is 0 Å². The molecule has 0 aliphatic rings. The molecule has 0 aliphatic heterocycles. The standard InChI is InChI=1S/C12H27NO/c1-5-12(6-2,11-13-3)9-7-8-10-14-4/h13H,5-11H2,1-4H3. The number of hydrogen-bond donors (Lipinski definition) is 1. The summed E-state index contributed by atoms with van der Waals surface area (Å²) >= 11 is 0. The molecule has 1 N–H and O–H groups in total. The van der Waals surface area contributed by atoms with Crippen LogP contribution in [-0.4, -0.2) is 27.3 Å². The van der Waals surface area contributed by atoms with Crippen molar-refractivity contribution >= 4 is 0 Å². The molecule has 2 heteroatoms. The van der Waals surface area contributed by atoms with E-state index in [1.165, 1.54) is 32.1 Å². The van der Waals surface area contributed by atoms with Crippen molar-refractivity contribution in [2.45, 2.75) is 46.0 Å². The molecule has 0 saturated carbocycles. The summed E-state index contributed by atoms with van der Waals surface area (Å²) < 4.78 is 5.07. The van der Waals surface area contributed by atoms with Crippen LogP contribution in [0, 0.1) is 5.41 Å². The van der Waals surface area contributed by atoms with Gasteiger partial charge in [0.2, 0.25) is 0 Å². The molecule has 0 fully saturated rings. The molecule has 0 saturated heterocycles. The zero-order chi connectivity index (χ0) is 10.9. The molecule has 0 radical (unpaired) electrons. The predicted octanol–water partition coefficient (Wildman–Crippen LogP) is 2.83. The van der Waals surface area contributed by atoms with Crippen LogP contribution in [0.5, 0.6) is 0 Å². The Kier molecular flexibility index (Phi) is 8.20. The number of nitrogens with one attached hydrogen (secondary N) is 1. The van der Waals surface area contributed by atoms with Gasteiger partial charge in [-0.1, -0.05) is 20.3 Å². The van der Waals surface area contributed by atoms with E-state index in [1.54, 1.807) is 7.11 Å². The van der Waals surface area contributed by atoms with Crippen LogP contribution in [0.25, 0.3) is 0 Å². The van der Waals surface area contributed by atoms with Crippen LogP contribution >= 0.6 is 0 Å². The van der Waals surface area contributed by atoms with Crippen LogP contribution in [0.15, 0.2) is 0 Å². The van der Waals surface area contributed by atoms with Gasteiger partial charge in [0.05, 0.1) is 0 Å². The van der Waals surface area contributed by atoms with Crippen molar-refractivity contribution < 1.29 is 4.74 Å². The summed E-state index contributed by atoms with van der Waals surface area (Å²) in [6.45, 7) is 6.66. The molecule has 14 heavy (non-hydrogen) atoms. The molecule has 0 heterocycles.